The molecular weight excluding hydrogens is 449 g/mol. The molecule has 0 heterocycles. The van der Waals surface area contributed by atoms with Crippen LogP contribution in [0.3, 0.4) is 0 Å². The van der Waals surface area contributed by atoms with Gasteiger partial charge in [-0.15, -0.1) is 0 Å². The Morgan fingerprint density at radius 2 is 1.96 bits per heavy atom. The molecule has 25 heavy (non-hydrogen) atoms. The molecule has 0 bridgehead atoms. The first-order valence-corrected chi connectivity index (χ1v) is 10.1. The number of nitrogens with one attached hydrogen (secondary N) is 2. The summed E-state index contributed by atoms with van der Waals surface area (Å²) in [5.41, 5.74) is -6.52. The quantitative estimate of drug-likeness (QED) is 0.306. The number of benzene rings is 1. The molecule has 0 aliphatic carbocycles. The average molecular weight is 465 g/mol. The topological polar surface area (TPSA) is 136 Å². The molecule has 1 aromatic rings. The highest BCUT2D eigenvalue weighted by atomic mass is 79.9. The van der Waals surface area contributed by atoms with Gasteiger partial charge in [-0.05, 0) is 18.6 Å². The van der Waals surface area contributed by atoms with Crippen LogP contribution in [-0.2, 0) is 32.7 Å². The van der Waals surface area contributed by atoms with Gasteiger partial charge in [-0.1, -0.05) is 28.1 Å². The van der Waals surface area contributed by atoms with E-state index in [1.54, 1.807) is 0 Å². The second kappa shape index (κ2) is 7.87. The van der Waals surface area contributed by atoms with E-state index in [4.69, 9.17) is 14.3 Å². The van der Waals surface area contributed by atoms with Gasteiger partial charge in [0, 0.05) is 23.5 Å². The number of hydrogen-bond acceptors (Lipinski definition) is 3. The number of alkyl halides is 2. The van der Waals surface area contributed by atoms with Gasteiger partial charge in [0.1, 0.15) is 5.54 Å². The fraction of sp³-hybridized carbons (Fsp3) is 0.417. The molecule has 0 saturated carbocycles. The van der Waals surface area contributed by atoms with Crippen molar-refractivity contribution in [1.29, 1.82) is 0 Å². The van der Waals surface area contributed by atoms with Crippen LogP contribution < -0.4 is 10.0 Å². The van der Waals surface area contributed by atoms with Crippen LogP contribution >= 0.6 is 23.5 Å². The molecule has 2 atom stereocenters. The lowest BCUT2D eigenvalue weighted by molar-refractivity contribution is -0.125. The molecule has 0 aliphatic rings. The maximum Gasteiger partial charge on any atom is 0.399 e. The zero-order chi connectivity index (χ0) is 19.6. The lowest BCUT2D eigenvalue weighted by atomic mass is 9.92. The van der Waals surface area contributed by atoms with Crippen LogP contribution in [0.15, 0.2) is 22.7 Å². The molecule has 2 unspecified atom stereocenters. The molecule has 0 aliphatic heterocycles. The third kappa shape index (κ3) is 5.13. The van der Waals surface area contributed by atoms with Crippen molar-refractivity contribution >= 4 is 40.7 Å². The third-order valence-corrected chi connectivity index (χ3v) is 5.58. The molecule has 5 N–H and O–H groups in total. The summed E-state index contributed by atoms with van der Waals surface area (Å²) in [7, 11) is -4.40. The fourth-order valence-corrected chi connectivity index (χ4v) is 4.00. The van der Waals surface area contributed by atoms with Crippen molar-refractivity contribution in [2.75, 3.05) is 7.05 Å². The highest BCUT2D eigenvalue weighted by molar-refractivity contribution is 9.10. The molecular formula is C12H16BrF2N2O6PS. The molecule has 0 saturated heterocycles. The Balaban J connectivity index is 3.25. The van der Waals surface area contributed by atoms with Gasteiger partial charge in [0.2, 0.25) is 17.2 Å². The van der Waals surface area contributed by atoms with Gasteiger partial charge < -0.3 is 15.1 Å². The summed E-state index contributed by atoms with van der Waals surface area (Å²) in [6, 6.07) is 3.12. The number of halogens is 3. The van der Waals surface area contributed by atoms with Gasteiger partial charge in [-0.2, -0.15) is 13.5 Å². The molecule has 0 spiro atoms. The third-order valence-electron chi connectivity index (χ3n) is 3.32. The molecule has 1 aromatic carbocycles. The van der Waals surface area contributed by atoms with Crippen LogP contribution in [-0.4, -0.2) is 37.0 Å². The Morgan fingerprint density at radius 1 is 1.40 bits per heavy atom. The van der Waals surface area contributed by atoms with Crippen molar-refractivity contribution in [3.05, 3.63) is 33.8 Å². The smallest absolute Gasteiger partial charge is 0.358 e. The van der Waals surface area contributed by atoms with Gasteiger partial charge >= 0.3 is 13.3 Å². The Labute approximate surface area is 153 Å². The summed E-state index contributed by atoms with van der Waals surface area (Å²) in [6.07, 6.45) is -0.153. The van der Waals surface area contributed by atoms with Crippen LogP contribution in [0.2, 0.25) is 0 Å². The number of carbonyl (C=O) groups excluding carboxylic acids is 1. The number of hydrogen-bond donors (Lipinski definition) is 5. The van der Waals surface area contributed by atoms with Crippen molar-refractivity contribution in [3.63, 3.8) is 0 Å². The minimum Gasteiger partial charge on any atom is -0.358 e. The summed E-state index contributed by atoms with van der Waals surface area (Å²) in [5.74, 6) is -0.615. The minimum absolute atomic E-state index is 0.153. The van der Waals surface area contributed by atoms with E-state index in [1.807, 2.05) is 0 Å². The van der Waals surface area contributed by atoms with E-state index >= 15 is 0 Å². The van der Waals surface area contributed by atoms with Crippen molar-refractivity contribution in [2.45, 2.75) is 24.5 Å². The Hall–Kier alpha value is -0.750. The lowest BCUT2D eigenvalue weighted by Crippen LogP contribution is -2.56. The maximum absolute atomic E-state index is 13.8. The van der Waals surface area contributed by atoms with Crippen LogP contribution in [0.25, 0.3) is 0 Å². The summed E-state index contributed by atoms with van der Waals surface area (Å²) in [5, 5.41) is 2.32. The van der Waals surface area contributed by atoms with Crippen molar-refractivity contribution in [1.82, 2.24) is 10.0 Å². The lowest BCUT2D eigenvalue weighted by Gasteiger charge is -2.27. The predicted octanol–water partition coefficient (Wildman–Crippen LogP) is 1.45. The molecule has 0 aromatic heterocycles. The van der Waals surface area contributed by atoms with Gasteiger partial charge in [0.15, 0.2) is 0 Å². The van der Waals surface area contributed by atoms with E-state index in [-0.39, 0.29) is 10.9 Å². The van der Waals surface area contributed by atoms with Crippen LogP contribution in [0.4, 0.5) is 8.78 Å². The zero-order valence-corrected chi connectivity index (χ0v) is 16.3. The first-order chi connectivity index (χ1) is 11.2. The largest absolute Gasteiger partial charge is 0.399 e. The van der Waals surface area contributed by atoms with E-state index in [1.165, 1.54) is 14.0 Å². The molecule has 142 valence electrons. The summed E-state index contributed by atoms with van der Waals surface area (Å²) in [6.45, 7) is 1.34. The Kier molecular flexibility index (Phi) is 7.01. The Bertz CT molecular complexity index is 746. The van der Waals surface area contributed by atoms with Crippen molar-refractivity contribution in [2.24, 2.45) is 0 Å². The molecule has 0 fully saturated rings. The summed E-state index contributed by atoms with van der Waals surface area (Å²) in [4.78, 5) is 29.6. The standard InChI is InChI=1S/C12H16BrF2N2O6PS/c1-11(10(18)16-2,17-25(22)23)6-7-3-4-8(9(13)5-7)12(14,15)24(19,20)21/h3-5,17H,6H2,1-2H3,(H,16,18)(H,22,23)(H2,19,20,21). The van der Waals surface area contributed by atoms with Gasteiger partial charge in [-0.3, -0.25) is 13.9 Å². The second-order valence-electron chi connectivity index (χ2n) is 5.34. The van der Waals surface area contributed by atoms with Gasteiger partial charge in [0.05, 0.1) is 0 Å². The van der Waals surface area contributed by atoms with Gasteiger partial charge in [-0.25, -0.2) is 4.21 Å². The SMILES string of the molecule is CNC(=O)C(C)(Cc1ccc(C(F)(F)P(=O)(O)O)c(Br)c1)NS(=O)O. The monoisotopic (exact) mass is 464 g/mol. The van der Waals surface area contributed by atoms with Crippen molar-refractivity contribution in [3.8, 4) is 0 Å². The van der Waals surface area contributed by atoms with E-state index in [2.05, 4.69) is 26.0 Å². The normalized spacial score (nSPS) is 16.2. The highest BCUT2D eigenvalue weighted by Gasteiger charge is 2.51. The minimum atomic E-state index is -5.73. The highest BCUT2D eigenvalue weighted by Crippen LogP contribution is 2.60. The van der Waals surface area contributed by atoms with Crippen LogP contribution in [0.1, 0.15) is 18.1 Å². The van der Waals surface area contributed by atoms with E-state index in [0.29, 0.717) is 5.56 Å². The van der Waals surface area contributed by atoms with Crippen molar-refractivity contribution < 1.29 is 36.7 Å². The molecule has 0 radical (unpaired) electrons. The van der Waals surface area contributed by atoms with E-state index in [0.717, 1.165) is 18.2 Å². The summed E-state index contributed by atoms with van der Waals surface area (Å²) >= 11 is 0.322. The molecule has 1 rings (SSSR count). The first kappa shape index (κ1) is 22.3. The Morgan fingerprint density at radius 3 is 2.36 bits per heavy atom. The molecule has 1 amide bonds. The average Bonchev–Trinajstić information content (AvgIpc) is 2.43. The molecule has 13 heteroatoms. The predicted molar refractivity (Wildman–Crippen MR) is 90.2 cm³/mol. The molecule has 8 nitrogen and oxygen atoms in total. The summed E-state index contributed by atoms with van der Waals surface area (Å²) < 4.78 is 60.5. The first-order valence-electron chi connectivity index (χ1n) is 6.58. The van der Waals surface area contributed by atoms with E-state index in [9.17, 15) is 22.3 Å². The van der Waals surface area contributed by atoms with Crippen LogP contribution in [0, 0.1) is 0 Å². The maximum atomic E-state index is 13.8. The number of carbonyl (C=O) groups is 1. The number of rotatable bonds is 7. The number of likely N-dealkylation sites (N-methyl/N-ethyl adjacent to an activating group) is 1. The number of amides is 1. The van der Waals surface area contributed by atoms with E-state index < -0.39 is 41.5 Å². The van der Waals surface area contributed by atoms with Crippen LogP contribution in [0.5, 0.6) is 0 Å². The zero-order valence-electron chi connectivity index (χ0n) is 13.0. The van der Waals surface area contributed by atoms with Gasteiger partial charge in [0.25, 0.3) is 0 Å². The second-order valence-corrected chi connectivity index (χ2v) is 8.55. The fourth-order valence-electron chi connectivity index (χ4n) is 2.11.